The van der Waals surface area contributed by atoms with E-state index >= 15 is 4.39 Å². The van der Waals surface area contributed by atoms with Crippen molar-refractivity contribution in [2.75, 3.05) is 0 Å². The minimum Gasteiger partial charge on any atom is -0.461 e. The number of aliphatic hydroxyl groups is 1. The number of unbranched alkanes of at least 4 members (excludes halogenated alkanes) is 2. The second-order valence-electron chi connectivity index (χ2n) is 11.0. The Bertz CT molecular complexity index is 834. The number of hydrogen-bond donors (Lipinski definition) is 1. The molecule has 0 spiro atoms. The van der Waals surface area contributed by atoms with Crippen LogP contribution in [-0.4, -0.2) is 34.7 Å². The molecule has 0 bridgehead atoms. The number of carbonyl (C=O) groups is 2. The van der Waals surface area contributed by atoms with Crippen LogP contribution in [0.25, 0.3) is 0 Å². The van der Waals surface area contributed by atoms with E-state index in [1.54, 1.807) is 12.2 Å². The number of hydrogen-bond acceptors (Lipinski definition) is 4. The van der Waals surface area contributed by atoms with Gasteiger partial charge >= 0.3 is 5.97 Å². The number of fused-ring (bicyclic) bond motifs is 5. The maximum Gasteiger partial charge on any atom is 0.306 e. The topological polar surface area (TPSA) is 63.6 Å². The SMILES string of the molecule is CCCCCC(=O)O[C@@H]1[C@@H](C)C[C@H]2[C@@H]3CCC4=CC(=O)C=C[C@]4(C)[C@@]3(F)[C@@H](O)C[C@]12CC. The van der Waals surface area contributed by atoms with E-state index in [0.717, 1.165) is 37.7 Å². The number of ketones is 1. The van der Waals surface area contributed by atoms with Crippen molar-refractivity contribution in [3.05, 3.63) is 23.8 Å². The third-order valence-corrected chi connectivity index (χ3v) is 9.52. The molecule has 0 amide bonds. The fraction of sp³-hybridized carbons (Fsp3) is 0.778. The third-order valence-electron chi connectivity index (χ3n) is 9.52. The van der Waals surface area contributed by atoms with E-state index in [4.69, 9.17) is 4.74 Å². The van der Waals surface area contributed by atoms with Gasteiger partial charge in [0.1, 0.15) is 6.10 Å². The molecule has 0 heterocycles. The molecule has 0 unspecified atom stereocenters. The molecule has 0 radical (unpaired) electrons. The second-order valence-corrected chi connectivity index (χ2v) is 11.0. The van der Waals surface area contributed by atoms with Crippen molar-refractivity contribution in [2.24, 2.45) is 28.6 Å². The molecule has 0 aromatic rings. The monoisotopic (exact) mass is 446 g/mol. The van der Waals surface area contributed by atoms with Crippen molar-refractivity contribution < 1.29 is 23.8 Å². The fourth-order valence-corrected chi connectivity index (χ4v) is 7.86. The number of alkyl halides is 1. The van der Waals surface area contributed by atoms with Crippen molar-refractivity contribution in [1.82, 2.24) is 0 Å². The van der Waals surface area contributed by atoms with E-state index in [-0.39, 0.29) is 35.6 Å². The highest BCUT2D eigenvalue weighted by molar-refractivity contribution is 6.01. The van der Waals surface area contributed by atoms with E-state index in [9.17, 15) is 14.7 Å². The van der Waals surface area contributed by atoms with Crippen LogP contribution in [0.4, 0.5) is 4.39 Å². The fourth-order valence-electron chi connectivity index (χ4n) is 7.86. The molecule has 5 heteroatoms. The van der Waals surface area contributed by atoms with Crippen molar-refractivity contribution in [3.8, 4) is 0 Å². The van der Waals surface area contributed by atoms with Crippen LogP contribution in [0.5, 0.6) is 0 Å². The first kappa shape index (κ1) is 23.7. The van der Waals surface area contributed by atoms with Crippen molar-refractivity contribution in [1.29, 1.82) is 0 Å². The van der Waals surface area contributed by atoms with Gasteiger partial charge in [-0.15, -0.1) is 0 Å². The van der Waals surface area contributed by atoms with Gasteiger partial charge < -0.3 is 9.84 Å². The molecule has 3 saturated carbocycles. The van der Waals surface area contributed by atoms with Crippen LogP contribution in [0.15, 0.2) is 23.8 Å². The summed E-state index contributed by atoms with van der Waals surface area (Å²) in [6, 6.07) is 0. The molecular weight excluding hydrogens is 407 g/mol. The summed E-state index contributed by atoms with van der Waals surface area (Å²) in [7, 11) is 0. The van der Waals surface area contributed by atoms with Gasteiger partial charge in [-0.1, -0.05) is 45.3 Å². The summed E-state index contributed by atoms with van der Waals surface area (Å²) in [6.07, 6.45) is 9.74. The molecule has 32 heavy (non-hydrogen) atoms. The maximum absolute atomic E-state index is 17.2. The Kier molecular flexibility index (Phi) is 6.19. The summed E-state index contributed by atoms with van der Waals surface area (Å²) in [5, 5.41) is 11.4. The normalized spacial score (nSPS) is 45.0. The molecule has 4 nitrogen and oxygen atoms in total. The van der Waals surface area contributed by atoms with Crippen LogP contribution in [0.3, 0.4) is 0 Å². The predicted molar refractivity (Wildman–Crippen MR) is 122 cm³/mol. The van der Waals surface area contributed by atoms with E-state index in [2.05, 4.69) is 20.8 Å². The van der Waals surface area contributed by atoms with Gasteiger partial charge in [0.2, 0.25) is 0 Å². The van der Waals surface area contributed by atoms with Gasteiger partial charge in [0.25, 0.3) is 0 Å². The molecule has 0 aromatic heterocycles. The first-order valence-electron chi connectivity index (χ1n) is 12.6. The number of rotatable bonds is 6. The Morgan fingerprint density at radius 1 is 1.28 bits per heavy atom. The number of esters is 1. The molecule has 3 fully saturated rings. The zero-order valence-corrected chi connectivity index (χ0v) is 20.0. The third kappa shape index (κ3) is 3.25. The summed E-state index contributed by atoms with van der Waals surface area (Å²) >= 11 is 0. The van der Waals surface area contributed by atoms with Gasteiger partial charge in [-0.25, -0.2) is 4.39 Å². The predicted octanol–water partition coefficient (Wildman–Crippen LogP) is 5.49. The highest BCUT2D eigenvalue weighted by Gasteiger charge is 2.72. The lowest BCUT2D eigenvalue weighted by molar-refractivity contribution is -0.212. The first-order chi connectivity index (χ1) is 15.1. The summed E-state index contributed by atoms with van der Waals surface area (Å²) in [5.41, 5.74) is -2.39. The lowest BCUT2D eigenvalue weighted by Gasteiger charge is -2.62. The van der Waals surface area contributed by atoms with Crippen LogP contribution in [0.1, 0.15) is 85.5 Å². The summed E-state index contributed by atoms with van der Waals surface area (Å²) in [5.74, 6) is -0.397. The lowest BCUT2D eigenvalue weighted by atomic mass is 9.45. The summed E-state index contributed by atoms with van der Waals surface area (Å²) in [4.78, 5) is 24.6. The van der Waals surface area contributed by atoms with Crippen LogP contribution < -0.4 is 0 Å². The Hall–Kier alpha value is -1.49. The number of aliphatic hydroxyl groups excluding tert-OH is 1. The Morgan fingerprint density at radius 2 is 2.03 bits per heavy atom. The average molecular weight is 447 g/mol. The molecule has 4 rings (SSSR count). The first-order valence-corrected chi connectivity index (χ1v) is 12.6. The zero-order chi connectivity index (χ0) is 23.3. The van der Waals surface area contributed by atoms with Gasteiger partial charge in [-0.05, 0) is 69.4 Å². The molecular formula is C27H39FO4. The molecule has 8 atom stereocenters. The molecule has 0 aliphatic heterocycles. The van der Waals surface area contributed by atoms with Crippen LogP contribution in [0.2, 0.25) is 0 Å². The van der Waals surface area contributed by atoms with E-state index < -0.39 is 22.6 Å². The van der Waals surface area contributed by atoms with Crippen LogP contribution in [0, 0.1) is 28.6 Å². The van der Waals surface area contributed by atoms with E-state index in [1.165, 1.54) is 6.08 Å². The lowest BCUT2D eigenvalue weighted by Crippen LogP contribution is -2.67. The van der Waals surface area contributed by atoms with E-state index in [1.807, 2.05) is 6.92 Å². The molecule has 4 aliphatic rings. The van der Waals surface area contributed by atoms with Gasteiger partial charge in [0.15, 0.2) is 11.5 Å². The summed E-state index contributed by atoms with van der Waals surface area (Å²) < 4.78 is 23.3. The van der Waals surface area contributed by atoms with Crippen LogP contribution in [-0.2, 0) is 14.3 Å². The summed E-state index contributed by atoms with van der Waals surface area (Å²) in [6.45, 7) is 8.16. The Morgan fingerprint density at radius 3 is 2.72 bits per heavy atom. The highest BCUT2D eigenvalue weighted by atomic mass is 19.1. The zero-order valence-electron chi connectivity index (χ0n) is 20.0. The molecule has 178 valence electrons. The standard InChI is InChI=1S/C27H39FO4/c1-5-7-8-9-23(31)32-24-17(3)14-21-20-11-10-18-15-19(29)12-13-25(18,4)27(20,28)22(30)16-26(21,24)6-2/h12-13,15,17,20-22,24,30H,5-11,14,16H2,1-4H3/t17-,20-,21-,22-,24+,25-,26-,27-/m0/s1. The van der Waals surface area contributed by atoms with Crippen molar-refractivity contribution in [3.63, 3.8) is 0 Å². The van der Waals surface area contributed by atoms with Gasteiger partial charge in [0.05, 0.1) is 6.10 Å². The maximum atomic E-state index is 17.2. The highest BCUT2D eigenvalue weighted by Crippen LogP contribution is 2.69. The molecule has 0 aromatic carbocycles. The molecule has 1 N–H and O–H groups in total. The minimum absolute atomic E-state index is 0.0498. The number of halogens is 1. The van der Waals surface area contributed by atoms with Gasteiger partial charge in [-0.3, -0.25) is 9.59 Å². The molecule has 4 aliphatic carbocycles. The van der Waals surface area contributed by atoms with Crippen molar-refractivity contribution in [2.45, 2.75) is 103 Å². The Balaban J connectivity index is 1.66. The number of ether oxygens (including phenoxy) is 1. The number of allylic oxidation sites excluding steroid dienone is 4. The average Bonchev–Trinajstić information content (AvgIpc) is 3.02. The molecule has 0 saturated heterocycles. The number of carbonyl (C=O) groups excluding carboxylic acids is 2. The quantitative estimate of drug-likeness (QED) is 0.433. The Labute approximate surface area is 191 Å². The smallest absolute Gasteiger partial charge is 0.306 e. The second kappa shape index (κ2) is 8.38. The van der Waals surface area contributed by atoms with Gasteiger partial charge in [0, 0.05) is 23.2 Å². The van der Waals surface area contributed by atoms with Crippen LogP contribution >= 0.6 is 0 Å². The van der Waals surface area contributed by atoms with Crippen molar-refractivity contribution >= 4 is 11.8 Å². The minimum atomic E-state index is -1.82. The largest absolute Gasteiger partial charge is 0.461 e. The van der Waals surface area contributed by atoms with Gasteiger partial charge in [-0.2, -0.15) is 0 Å². The van der Waals surface area contributed by atoms with E-state index in [0.29, 0.717) is 25.7 Å².